The molecule has 0 aliphatic carbocycles. The highest BCUT2D eigenvalue weighted by atomic mass is 16.6. The Morgan fingerprint density at radius 3 is 1.94 bits per heavy atom. The van der Waals surface area contributed by atoms with E-state index in [-0.39, 0.29) is 0 Å². The van der Waals surface area contributed by atoms with E-state index in [2.05, 4.69) is 0 Å². The van der Waals surface area contributed by atoms with Gasteiger partial charge in [-0.3, -0.25) is 25.0 Å². The van der Waals surface area contributed by atoms with Crippen molar-refractivity contribution in [1.82, 2.24) is 0 Å². The van der Waals surface area contributed by atoms with Crippen molar-refractivity contribution < 1.29 is 14.6 Å². The van der Waals surface area contributed by atoms with Gasteiger partial charge in [0, 0.05) is 17.7 Å². The molecule has 0 aromatic heterocycles. The molecule has 0 atom stereocenters. The number of hydrogen-bond acceptors (Lipinski definition) is 5. The lowest BCUT2D eigenvalue weighted by Gasteiger charge is -2.00. The molecule has 0 saturated carbocycles. The summed E-state index contributed by atoms with van der Waals surface area (Å²) in [5.41, 5.74) is -0.799. The largest absolute Gasteiger partial charge is 0.346 e. The molecule has 0 unspecified atom stereocenters. The maximum Gasteiger partial charge on any atom is 0.346 e. The van der Waals surface area contributed by atoms with Crippen molar-refractivity contribution in [3.63, 3.8) is 0 Å². The van der Waals surface area contributed by atoms with Crippen LogP contribution in [-0.2, 0) is 0 Å². The first-order chi connectivity index (χ1) is 8.52. The maximum atomic E-state index is 10.8. The highest BCUT2D eigenvalue weighted by Crippen LogP contribution is 2.31. The van der Waals surface area contributed by atoms with Crippen molar-refractivity contribution in [3.8, 4) is 0 Å². The van der Waals surface area contributed by atoms with Crippen molar-refractivity contribution in [1.29, 1.82) is 0 Å². The zero-order valence-electron chi connectivity index (χ0n) is 8.90. The zero-order valence-corrected chi connectivity index (χ0v) is 8.90. The van der Waals surface area contributed by atoms with Gasteiger partial charge in [-0.1, -0.05) is 12.1 Å². The molecule has 2 aromatic rings. The fourth-order valence-electron chi connectivity index (χ4n) is 1.66. The van der Waals surface area contributed by atoms with Gasteiger partial charge in [-0.05, 0) is 16.8 Å². The van der Waals surface area contributed by atoms with E-state index in [1.807, 2.05) is 0 Å². The van der Waals surface area contributed by atoms with Crippen LogP contribution in [0.15, 0.2) is 30.3 Å². The normalized spacial score (nSPS) is 10.2. The molecule has 2 rings (SSSR count). The van der Waals surface area contributed by atoms with Gasteiger partial charge in [-0.25, -0.2) is 0 Å². The molecule has 0 amide bonds. The van der Waals surface area contributed by atoms with Crippen LogP contribution in [0.3, 0.4) is 0 Å². The Labute approximate surface area is 99.9 Å². The Kier molecular flexibility index (Phi) is 2.72. The van der Waals surface area contributed by atoms with Crippen LogP contribution < -0.4 is 0 Å². The van der Waals surface area contributed by atoms with Crippen LogP contribution in [0, 0.1) is 20.2 Å². The molecule has 0 radical (unpaired) electrons. The number of hydrogen-bond donors (Lipinski definition) is 0. The summed E-state index contributed by atoms with van der Waals surface area (Å²) in [6.45, 7) is 0. The van der Waals surface area contributed by atoms with E-state index >= 15 is 0 Å². The van der Waals surface area contributed by atoms with Gasteiger partial charge >= 0.3 is 11.4 Å². The standard InChI is InChI=1S/C11H6N2O5/c14-6-7-1-2-8-4-10(12(15)16)11(13(17)18)5-9(8)3-7/h1-6H. The van der Waals surface area contributed by atoms with Crippen LogP contribution >= 0.6 is 0 Å². The first-order valence-corrected chi connectivity index (χ1v) is 4.84. The molecule has 18 heavy (non-hydrogen) atoms. The van der Waals surface area contributed by atoms with Crippen molar-refractivity contribution in [2.75, 3.05) is 0 Å². The third kappa shape index (κ3) is 1.88. The van der Waals surface area contributed by atoms with E-state index in [9.17, 15) is 25.0 Å². The molecule has 7 nitrogen and oxygen atoms in total. The average Bonchev–Trinajstić information content (AvgIpc) is 2.36. The van der Waals surface area contributed by atoms with Gasteiger partial charge in [-0.2, -0.15) is 0 Å². The van der Waals surface area contributed by atoms with Crippen LogP contribution in [0.4, 0.5) is 11.4 Å². The molecule has 0 fully saturated rings. The Bertz CT molecular complexity index is 680. The van der Waals surface area contributed by atoms with Gasteiger partial charge in [0.1, 0.15) is 6.29 Å². The second kappa shape index (κ2) is 4.21. The minimum Gasteiger partial charge on any atom is -0.298 e. The Balaban J connectivity index is 2.79. The third-order valence-corrected chi connectivity index (χ3v) is 2.49. The highest BCUT2D eigenvalue weighted by molar-refractivity contribution is 5.92. The predicted molar refractivity (Wildman–Crippen MR) is 62.6 cm³/mol. The average molecular weight is 246 g/mol. The lowest BCUT2D eigenvalue weighted by atomic mass is 10.1. The number of nitro groups is 2. The van der Waals surface area contributed by atoms with Gasteiger partial charge in [0.25, 0.3) is 0 Å². The Morgan fingerprint density at radius 1 is 0.889 bits per heavy atom. The number of nitrogens with zero attached hydrogens (tertiary/aromatic N) is 2. The monoisotopic (exact) mass is 246 g/mol. The van der Waals surface area contributed by atoms with E-state index in [1.54, 1.807) is 0 Å². The molecule has 0 heterocycles. The lowest BCUT2D eigenvalue weighted by molar-refractivity contribution is -0.422. The summed E-state index contributed by atoms with van der Waals surface area (Å²) < 4.78 is 0. The summed E-state index contributed by atoms with van der Waals surface area (Å²) in [7, 11) is 0. The fourth-order valence-corrected chi connectivity index (χ4v) is 1.66. The number of nitro benzene ring substituents is 2. The molecule has 2 aromatic carbocycles. The summed E-state index contributed by atoms with van der Waals surface area (Å²) in [4.78, 5) is 30.5. The van der Waals surface area contributed by atoms with Crippen LogP contribution in [0.25, 0.3) is 10.8 Å². The molecule has 0 spiro atoms. The summed E-state index contributed by atoms with van der Waals surface area (Å²) in [6.07, 6.45) is 0.604. The van der Waals surface area contributed by atoms with Crippen molar-refractivity contribution in [2.24, 2.45) is 0 Å². The van der Waals surface area contributed by atoms with Crippen molar-refractivity contribution in [3.05, 3.63) is 56.1 Å². The van der Waals surface area contributed by atoms with Crippen LogP contribution in [0.1, 0.15) is 10.4 Å². The summed E-state index contributed by atoms with van der Waals surface area (Å²) >= 11 is 0. The topological polar surface area (TPSA) is 103 Å². The second-order valence-corrected chi connectivity index (χ2v) is 3.58. The van der Waals surface area contributed by atoms with Gasteiger partial charge < -0.3 is 0 Å². The second-order valence-electron chi connectivity index (χ2n) is 3.58. The lowest BCUT2D eigenvalue weighted by Crippen LogP contribution is -1.96. The minimum absolute atomic E-state index is 0.352. The summed E-state index contributed by atoms with van der Waals surface area (Å²) in [5.74, 6) is 0. The molecule has 0 aliphatic heterocycles. The van der Waals surface area contributed by atoms with Crippen molar-refractivity contribution >= 4 is 28.4 Å². The Hall–Kier alpha value is -2.83. The number of rotatable bonds is 3. The molecule has 0 bridgehead atoms. The molecule has 0 aliphatic rings. The van der Waals surface area contributed by atoms with Gasteiger partial charge in [0.2, 0.25) is 0 Å². The first-order valence-electron chi connectivity index (χ1n) is 4.84. The summed E-state index contributed by atoms with van der Waals surface area (Å²) in [6, 6.07) is 6.67. The van der Waals surface area contributed by atoms with Crippen LogP contribution in [-0.4, -0.2) is 16.1 Å². The quantitative estimate of drug-likeness (QED) is 0.470. The van der Waals surface area contributed by atoms with Crippen molar-refractivity contribution in [2.45, 2.75) is 0 Å². The minimum atomic E-state index is -0.814. The number of aldehydes is 1. The van der Waals surface area contributed by atoms with Crippen LogP contribution in [0.5, 0.6) is 0 Å². The predicted octanol–water partition coefficient (Wildman–Crippen LogP) is 2.47. The number of fused-ring (bicyclic) bond motifs is 1. The molecular weight excluding hydrogens is 240 g/mol. The number of benzene rings is 2. The van der Waals surface area contributed by atoms with E-state index in [4.69, 9.17) is 0 Å². The number of carbonyl (C=O) groups is 1. The van der Waals surface area contributed by atoms with Gasteiger partial charge in [0.15, 0.2) is 0 Å². The van der Waals surface area contributed by atoms with E-state index < -0.39 is 21.2 Å². The molecule has 7 heteroatoms. The van der Waals surface area contributed by atoms with E-state index in [0.717, 1.165) is 12.1 Å². The SMILES string of the molecule is O=Cc1ccc2cc([N+](=O)[O-])c([N+](=O)[O-])cc2c1. The molecular formula is C11H6N2O5. The molecule has 0 saturated heterocycles. The van der Waals surface area contributed by atoms with E-state index in [1.165, 1.54) is 18.2 Å². The third-order valence-electron chi connectivity index (χ3n) is 2.49. The van der Waals surface area contributed by atoms with Gasteiger partial charge in [0.05, 0.1) is 9.85 Å². The van der Waals surface area contributed by atoms with Crippen LogP contribution in [0.2, 0.25) is 0 Å². The molecule has 0 N–H and O–H groups in total. The highest BCUT2D eigenvalue weighted by Gasteiger charge is 2.24. The molecule has 90 valence electrons. The summed E-state index contributed by atoms with van der Waals surface area (Å²) in [5, 5.41) is 22.4. The Morgan fingerprint density at radius 2 is 1.44 bits per heavy atom. The first kappa shape index (κ1) is 11.6. The maximum absolute atomic E-state index is 10.8. The van der Waals surface area contributed by atoms with Gasteiger partial charge in [-0.15, -0.1) is 0 Å². The number of carbonyl (C=O) groups excluding carboxylic acids is 1. The smallest absolute Gasteiger partial charge is 0.298 e. The zero-order chi connectivity index (χ0) is 13.3. The fraction of sp³-hybridized carbons (Fsp3) is 0. The van der Waals surface area contributed by atoms with E-state index in [0.29, 0.717) is 22.6 Å².